The molecule has 0 aliphatic heterocycles. The molecule has 1 saturated carbocycles. The Morgan fingerprint density at radius 2 is 1.00 bits per heavy atom. The second kappa shape index (κ2) is 19.6. The van der Waals surface area contributed by atoms with Crippen molar-refractivity contribution in [3.05, 3.63) is 30.3 Å². The highest BCUT2D eigenvalue weighted by Gasteiger charge is 2.41. The van der Waals surface area contributed by atoms with Crippen molar-refractivity contribution in [1.82, 2.24) is 0 Å². The van der Waals surface area contributed by atoms with Crippen LogP contribution < -0.4 is 0 Å². The van der Waals surface area contributed by atoms with Crippen LogP contribution >= 0.6 is 0 Å². The summed E-state index contributed by atoms with van der Waals surface area (Å²) in [5, 5.41) is 1.03. The van der Waals surface area contributed by atoms with E-state index >= 15 is 0 Å². The molecule has 0 bridgehead atoms. The quantitative estimate of drug-likeness (QED) is 0.0783. The molecule has 1 aromatic rings. The molecular weight excluding hydrogens is 443 g/mol. The number of hydrogen-bond donors (Lipinski definition) is 0. The van der Waals surface area contributed by atoms with Gasteiger partial charge in [0.15, 0.2) is 4.90 Å². The van der Waals surface area contributed by atoms with Crippen molar-refractivity contribution >= 4 is 18.1 Å². The number of unbranched alkanes of at least 4 members (excludes halogenated alkanes) is 15. The van der Waals surface area contributed by atoms with Gasteiger partial charge in [-0.1, -0.05) is 115 Å². The van der Waals surface area contributed by atoms with Gasteiger partial charge in [-0.25, -0.2) is 0 Å². The van der Waals surface area contributed by atoms with Crippen molar-refractivity contribution in [1.29, 1.82) is 0 Å². The van der Waals surface area contributed by atoms with Crippen molar-refractivity contribution in [2.45, 2.75) is 133 Å². The highest BCUT2D eigenvalue weighted by atomic mass is 32.2. The molecule has 6 heteroatoms. The lowest BCUT2D eigenvalue weighted by atomic mass is 10.0. The van der Waals surface area contributed by atoms with E-state index in [2.05, 4.69) is 37.3 Å². The molecule has 0 N–H and O–H groups in total. The Bertz CT molecular complexity index is 543. The number of halogens is 4. The first-order chi connectivity index (χ1) is 15.9. The van der Waals surface area contributed by atoms with Gasteiger partial charge in [-0.15, -0.1) is 0 Å². The van der Waals surface area contributed by atoms with E-state index in [1.807, 2.05) is 0 Å². The van der Waals surface area contributed by atoms with Crippen molar-refractivity contribution < 1.29 is 17.3 Å². The predicted molar refractivity (Wildman–Crippen MR) is 140 cm³/mol. The molecule has 1 unspecified atom stereocenters. The summed E-state index contributed by atoms with van der Waals surface area (Å²) in [6.07, 6.45) is 26.4. The lowest BCUT2D eigenvalue weighted by Crippen LogP contribution is -2.13. The van der Waals surface area contributed by atoms with Crippen LogP contribution in [0.5, 0.6) is 0 Å². The maximum Gasteiger partial charge on any atom is 0.673 e. The minimum Gasteiger partial charge on any atom is -0.418 e. The average molecular weight is 491 g/mol. The van der Waals surface area contributed by atoms with Gasteiger partial charge in [0.1, 0.15) is 11.0 Å². The zero-order valence-electron chi connectivity index (χ0n) is 20.9. The third-order valence-electron chi connectivity index (χ3n) is 6.19. The van der Waals surface area contributed by atoms with Crippen LogP contribution in [-0.4, -0.2) is 18.3 Å². The van der Waals surface area contributed by atoms with Crippen LogP contribution in [0.3, 0.4) is 0 Å². The Hall–Kier alpha value is -0.645. The Morgan fingerprint density at radius 3 is 1.36 bits per heavy atom. The topological polar surface area (TPSA) is 0 Å². The van der Waals surface area contributed by atoms with Crippen LogP contribution in [0.15, 0.2) is 35.2 Å². The molecule has 1 aliphatic carbocycles. The van der Waals surface area contributed by atoms with E-state index in [0.29, 0.717) is 10.9 Å². The lowest BCUT2D eigenvalue weighted by molar-refractivity contribution is 0.368. The Balaban J connectivity index is 0.000000981. The van der Waals surface area contributed by atoms with Gasteiger partial charge in [0.2, 0.25) is 0 Å². The second-order valence-electron chi connectivity index (χ2n) is 9.44. The molecule has 192 valence electrons. The molecule has 0 amide bonds. The molecule has 2 rings (SSSR count). The molecule has 1 aliphatic rings. The summed E-state index contributed by atoms with van der Waals surface area (Å²) in [4.78, 5) is 1.63. The zero-order valence-corrected chi connectivity index (χ0v) is 21.7. The second-order valence-corrected chi connectivity index (χ2v) is 11.8. The molecule has 0 saturated heterocycles. The maximum absolute atomic E-state index is 9.75. The summed E-state index contributed by atoms with van der Waals surface area (Å²) in [6.45, 7) is 2.30. The van der Waals surface area contributed by atoms with E-state index < -0.39 is 7.25 Å². The van der Waals surface area contributed by atoms with Crippen LogP contribution in [0.2, 0.25) is 0 Å². The van der Waals surface area contributed by atoms with Gasteiger partial charge in [-0.05, 0) is 25.0 Å². The summed E-state index contributed by atoms with van der Waals surface area (Å²) >= 11 is 0. The van der Waals surface area contributed by atoms with Gasteiger partial charge in [0.05, 0.1) is 0 Å². The predicted octanol–water partition coefficient (Wildman–Crippen LogP) is 10.4. The molecule has 33 heavy (non-hydrogen) atoms. The van der Waals surface area contributed by atoms with Gasteiger partial charge < -0.3 is 17.3 Å². The highest BCUT2D eigenvalue weighted by Crippen LogP contribution is 2.36. The maximum atomic E-state index is 9.75. The van der Waals surface area contributed by atoms with Crippen LogP contribution in [0, 0.1) is 0 Å². The highest BCUT2D eigenvalue weighted by molar-refractivity contribution is 7.97. The number of rotatable bonds is 19. The molecule has 0 heterocycles. The lowest BCUT2D eigenvalue weighted by Gasteiger charge is -2.07. The van der Waals surface area contributed by atoms with Gasteiger partial charge in [0.25, 0.3) is 0 Å². The third kappa shape index (κ3) is 20.4. The molecule has 0 aromatic heterocycles. The monoisotopic (exact) mass is 490 g/mol. The van der Waals surface area contributed by atoms with Crippen molar-refractivity contribution in [2.24, 2.45) is 0 Å². The number of benzene rings is 1. The fourth-order valence-electron chi connectivity index (χ4n) is 4.23. The van der Waals surface area contributed by atoms with E-state index in [1.165, 1.54) is 121 Å². The summed E-state index contributed by atoms with van der Waals surface area (Å²) in [5.74, 6) is 1.45. The molecule has 0 spiro atoms. The number of hydrogen-bond acceptors (Lipinski definition) is 0. The summed E-state index contributed by atoms with van der Waals surface area (Å²) in [7, 11) is -5.45. The molecule has 1 fully saturated rings. The van der Waals surface area contributed by atoms with E-state index in [1.54, 1.807) is 4.90 Å². The Labute approximate surface area is 204 Å². The minimum absolute atomic E-state index is 0.554. The van der Waals surface area contributed by atoms with E-state index in [9.17, 15) is 17.3 Å². The van der Waals surface area contributed by atoms with E-state index in [4.69, 9.17) is 0 Å². The smallest absolute Gasteiger partial charge is 0.418 e. The first-order valence-corrected chi connectivity index (χ1v) is 15.0. The van der Waals surface area contributed by atoms with Crippen LogP contribution in [0.4, 0.5) is 17.3 Å². The standard InChI is InChI=1S/C27H47S.BF4/c1-2-3-4-5-6-7-8-9-10-11-12-13-14-15-16-20-25-28(27-23-24-27)26-21-18-17-19-22-26;2-1(3,4)5/h17-19,21-22,27H,2-16,20,23-25H2,1H3;/q+1;-1. The Morgan fingerprint density at radius 1 is 0.636 bits per heavy atom. The van der Waals surface area contributed by atoms with Gasteiger partial charge in [-0.3, -0.25) is 0 Å². The van der Waals surface area contributed by atoms with Crippen molar-refractivity contribution in [3.8, 4) is 0 Å². The summed E-state index contributed by atoms with van der Waals surface area (Å²) < 4.78 is 39.0. The fourth-order valence-corrected chi connectivity index (χ4v) is 6.91. The van der Waals surface area contributed by atoms with Gasteiger partial charge in [0, 0.05) is 23.7 Å². The SMILES string of the molecule is CCCCCCCCCCCCCCCCCC[S+](c1ccccc1)C1CC1.F[B-](F)(F)F. The molecule has 0 nitrogen and oxygen atoms in total. The fraction of sp³-hybridized carbons (Fsp3) is 0.778. The summed E-state index contributed by atoms with van der Waals surface area (Å²) in [5.41, 5.74) is 0. The molecular formula is C27H47BF4S. The normalized spacial score (nSPS) is 14.6. The largest absolute Gasteiger partial charge is 0.673 e. The summed E-state index contributed by atoms with van der Waals surface area (Å²) in [6, 6.07) is 11.4. The van der Waals surface area contributed by atoms with Gasteiger partial charge in [-0.2, -0.15) is 0 Å². The molecule has 0 radical (unpaired) electrons. The van der Waals surface area contributed by atoms with E-state index in [0.717, 1.165) is 5.25 Å². The first kappa shape index (κ1) is 30.4. The van der Waals surface area contributed by atoms with Gasteiger partial charge >= 0.3 is 7.25 Å². The van der Waals surface area contributed by atoms with E-state index in [-0.39, 0.29) is 0 Å². The Kier molecular flexibility index (Phi) is 18.1. The average Bonchev–Trinajstić information content (AvgIpc) is 3.61. The van der Waals surface area contributed by atoms with Crippen LogP contribution in [-0.2, 0) is 10.9 Å². The molecule has 1 aromatic carbocycles. The third-order valence-corrected chi connectivity index (χ3v) is 9.07. The zero-order chi connectivity index (χ0) is 24.2. The minimum atomic E-state index is -6.00. The first-order valence-electron chi connectivity index (χ1n) is 13.5. The van der Waals surface area contributed by atoms with Crippen LogP contribution in [0.25, 0.3) is 0 Å². The molecule has 1 atom stereocenters. The van der Waals surface area contributed by atoms with Crippen LogP contribution in [0.1, 0.15) is 122 Å². The van der Waals surface area contributed by atoms with Crippen molar-refractivity contribution in [2.75, 3.05) is 5.75 Å². The van der Waals surface area contributed by atoms with Crippen molar-refractivity contribution in [3.63, 3.8) is 0 Å².